The zero-order valence-corrected chi connectivity index (χ0v) is 15.4. The van der Waals surface area contributed by atoms with Gasteiger partial charge in [-0.2, -0.15) is 0 Å². The van der Waals surface area contributed by atoms with E-state index in [9.17, 15) is 9.59 Å². The summed E-state index contributed by atoms with van der Waals surface area (Å²) in [6, 6.07) is 0. The number of hydrogen-bond acceptors (Lipinski definition) is 6. The van der Waals surface area contributed by atoms with Crippen molar-refractivity contribution in [1.82, 2.24) is 0 Å². The number of ether oxygens (including phenoxy) is 4. The van der Waals surface area contributed by atoms with Crippen molar-refractivity contribution in [2.45, 2.75) is 65.6 Å². The van der Waals surface area contributed by atoms with Crippen LogP contribution in [0, 0.1) is 0 Å². The normalized spacial score (nSPS) is 13.7. The molecule has 0 fully saturated rings. The molecule has 0 aliphatic heterocycles. The predicted molar refractivity (Wildman–Crippen MR) is 91.7 cm³/mol. The Balaban J connectivity index is 3.88. The lowest BCUT2D eigenvalue weighted by Crippen LogP contribution is -2.21. The summed E-state index contributed by atoms with van der Waals surface area (Å²) in [5.74, 6) is -1.18. The van der Waals surface area contributed by atoms with Crippen molar-refractivity contribution in [3.05, 3.63) is 12.2 Å². The van der Waals surface area contributed by atoms with E-state index in [1.165, 1.54) is 0 Å². The van der Waals surface area contributed by atoms with Crippen LogP contribution in [0.5, 0.6) is 0 Å². The summed E-state index contributed by atoms with van der Waals surface area (Å²) in [5.41, 5.74) is 0. The van der Waals surface area contributed by atoms with Crippen LogP contribution in [0.3, 0.4) is 0 Å². The molecule has 0 aromatic carbocycles. The first-order valence-electron chi connectivity index (χ1n) is 8.74. The Morgan fingerprint density at radius 2 is 1.17 bits per heavy atom. The molecule has 0 heterocycles. The average molecular weight is 344 g/mol. The molecule has 0 saturated heterocycles. The number of carbonyl (C=O) groups is 2. The van der Waals surface area contributed by atoms with Gasteiger partial charge in [0.25, 0.3) is 0 Å². The van der Waals surface area contributed by atoms with Crippen LogP contribution >= 0.6 is 0 Å². The highest BCUT2D eigenvalue weighted by atomic mass is 16.6. The van der Waals surface area contributed by atoms with Gasteiger partial charge in [-0.25, -0.2) is 9.59 Å². The van der Waals surface area contributed by atoms with Crippen molar-refractivity contribution in [2.75, 3.05) is 26.4 Å². The topological polar surface area (TPSA) is 71.1 Å². The van der Waals surface area contributed by atoms with Gasteiger partial charge in [-0.1, -0.05) is 26.7 Å². The molecular formula is C18H32O6. The standard InChI is InChI=1S/C18H32O6/c1-5-7-11-21-13-15(3)23-17(19)9-10-18(20)24-16(4)14-22-12-8-6-2/h9-10,15-16H,5-8,11-14H2,1-4H3/b10-9+. The second-order valence-electron chi connectivity index (χ2n) is 5.69. The number of carbonyl (C=O) groups excluding carboxylic acids is 2. The minimum Gasteiger partial charge on any atom is -0.457 e. The second kappa shape index (κ2) is 15.1. The molecule has 24 heavy (non-hydrogen) atoms. The lowest BCUT2D eigenvalue weighted by Gasteiger charge is -2.13. The number of rotatable bonds is 14. The Labute approximate surface area is 145 Å². The molecule has 0 N–H and O–H groups in total. The smallest absolute Gasteiger partial charge is 0.331 e. The van der Waals surface area contributed by atoms with Gasteiger partial charge in [0.1, 0.15) is 12.2 Å². The summed E-state index contributed by atoms with van der Waals surface area (Å²) in [7, 11) is 0. The Kier molecular flexibility index (Phi) is 14.3. The molecule has 6 heteroatoms. The van der Waals surface area contributed by atoms with Gasteiger partial charge in [-0.15, -0.1) is 0 Å². The number of esters is 2. The van der Waals surface area contributed by atoms with Crippen LogP contribution in [0.25, 0.3) is 0 Å². The molecule has 0 spiro atoms. The van der Waals surface area contributed by atoms with E-state index in [4.69, 9.17) is 18.9 Å². The highest BCUT2D eigenvalue weighted by Gasteiger charge is 2.10. The van der Waals surface area contributed by atoms with E-state index >= 15 is 0 Å². The SMILES string of the molecule is CCCCOCC(C)OC(=O)/C=C/C(=O)OC(C)COCCCC. The molecule has 0 bridgehead atoms. The number of hydrogen-bond donors (Lipinski definition) is 0. The lowest BCUT2D eigenvalue weighted by molar-refractivity contribution is -0.147. The third kappa shape index (κ3) is 14.2. The molecule has 0 saturated carbocycles. The van der Waals surface area contributed by atoms with Gasteiger partial charge in [0.05, 0.1) is 13.2 Å². The van der Waals surface area contributed by atoms with Gasteiger partial charge >= 0.3 is 11.9 Å². The molecule has 0 aromatic rings. The van der Waals surface area contributed by atoms with E-state index < -0.39 is 11.9 Å². The van der Waals surface area contributed by atoms with Crippen LogP contribution < -0.4 is 0 Å². The quantitative estimate of drug-likeness (QED) is 0.274. The van der Waals surface area contributed by atoms with Gasteiger partial charge in [-0.05, 0) is 26.7 Å². The van der Waals surface area contributed by atoms with E-state index in [1.54, 1.807) is 13.8 Å². The molecule has 6 nitrogen and oxygen atoms in total. The van der Waals surface area contributed by atoms with Crippen LogP contribution in [0.4, 0.5) is 0 Å². The Hall–Kier alpha value is -1.40. The summed E-state index contributed by atoms with van der Waals surface area (Å²) in [5, 5.41) is 0. The fourth-order valence-corrected chi connectivity index (χ4v) is 1.67. The summed E-state index contributed by atoms with van der Waals surface area (Å²) in [6.07, 6.45) is 5.48. The monoisotopic (exact) mass is 344 g/mol. The van der Waals surface area contributed by atoms with Crippen molar-refractivity contribution < 1.29 is 28.5 Å². The van der Waals surface area contributed by atoms with Gasteiger partial charge in [0.2, 0.25) is 0 Å². The highest BCUT2D eigenvalue weighted by molar-refractivity contribution is 5.91. The van der Waals surface area contributed by atoms with E-state index in [0.29, 0.717) is 26.4 Å². The summed E-state index contributed by atoms with van der Waals surface area (Å²) >= 11 is 0. The lowest BCUT2D eigenvalue weighted by atomic mass is 10.3. The number of unbranched alkanes of at least 4 members (excludes halogenated alkanes) is 2. The van der Waals surface area contributed by atoms with E-state index in [1.807, 2.05) is 0 Å². The Bertz CT molecular complexity index is 333. The fraction of sp³-hybridized carbons (Fsp3) is 0.778. The van der Waals surface area contributed by atoms with Crippen LogP contribution in [0.15, 0.2) is 12.2 Å². The minimum absolute atomic E-state index is 0.343. The predicted octanol–water partition coefficient (Wildman–Crippen LogP) is 3.04. The van der Waals surface area contributed by atoms with Crippen molar-refractivity contribution >= 4 is 11.9 Å². The summed E-state index contributed by atoms with van der Waals surface area (Å²) < 4.78 is 20.9. The molecular weight excluding hydrogens is 312 g/mol. The highest BCUT2D eigenvalue weighted by Crippen LogP contribution is 1.99. The molecule has 2 unspecified atom stereocenters. The largest absolute Gasteiger partial charge is 0.457 e. The van der Waals surface area contributed by atoms with Crippen molar-refractivity contribution in [3.63, 3.8) is 0 Å². The molecule has 0 rings (SSSR count). The van der Waals surface area contributed by atoms with Crippen molar-refractivity contribution in [1.29, 1.82) is 0 Å². The van der Waals surface area contributed by atoms with Crippen LogP contribution in [-0.2, 0) is 28.5 Å². The molecule has 0 radical (unpaired) electrons. The van der Waals surface area contributed by atoms with Gasteiger partial charge < -0.3 is 18.9 Å². The molecule has 0 aliphatic rings. The zero-order chi connectivity index (χ0) is 18.2. The summed E-state index contributed by atoms with van der Waals surface area (Å²) in [4.78, 5) is 23.2. The van der Waals surface area contributed by atoms with Crippen LogP contribution in [0.2, 0.25) is 0 Å². The molecule has 2 atom stereocenters. The van der Waals surface area contributed by atoms with E-state index in [-0.39, 0.29) is 12.2 Å². The van der Waals surface area contributed by atoms with Crippen LogP contribution in [0.1, 0.15) is 53.4 Å². The first-order valence-corrected chi connectivity index (χ1v) is 8.74. The van der Waals surface area contributed by atoms with Crippen molar-refractivity contribution in [3.8, 4) is 0 Å². The van der Waals surface area contributed by atoms with Crippen LogP contribution in [-0.4, -0.2) is 50.6 Å². The summed E-state index contributed by atoms with van der Waals surface area (Å²) in [6.45, 7) is 9.63. The Morgan fingerprint density at radius 3 is 1.50 bits per heavy atom. The Morgan fingerprint density at radius 1 is 0.792 bits per heavy atom. The maximum atomic E-state index is 11.6. The molecule has 0 amide bonds. The maximum absolute atomic E-state index is 11.6. The van der Waals surface area contributed by atoms with Gasteiger partial charge in [0, 0.05) is 25.4 Å². The van der Waals surface area contributed by atoms with Crippen molar-refractivity contribution in [2.24, 2.45) is 0 Å². The third-order valence-corrected chi connectivity index (χ3v) is 2.98. The first-order chi connectivity index (χ1) is 11.5. The second-order valence-corrected chi connectivity index (χ2v) is 5.69. The first kappa shape index (κ1) is 22.6. The van der Waals surface area contributed by atoms with E-state index in [0.717, 1.165) is 37.8 Å². The fourth-order valence-electron chi connectivity index (χ4n) is 1.67. The molecule has 140 valence electrons. The zero-order valence-electron chi connectivity index (χ0n) is 15.4. The third-order valence-electron chi connectivity index (χ3n) is 2.98. The maximum Gasteiger partial charge on any atom is 0.331 e. The average Bonchev–Trinajstić information content (AvgIpc) is 2.54. The molecule has 0 aliphatic carbocycles. The minimum atomic E-state index is -0.592. The van der Waals surface area contributed by atoms with Gasteiger partial charge in [-0.3, -0.25) is 0 Å². The van der Waals surface area contributed by atoms with Gasteiger partial charge in [0.15, 0.2) is 0 Å². The van der Waals surface area contributed by atoms with E-state index in [2.05, 4.69) is 13.8 Å². The molecule has 0 aromatic heterocycles.